The summed E-state index contributed by atoms with van der Waals surface area (Å²) in [5.41, 5.74) is 2.27. The molecular formula is C14H19FN2. The molecule has 1 N–H and O–H groups in total. The van der Waals surface area contributed by atoms with Gasteiger partial charge >= 0.3 is 0 Å². The number of aryl methyl sites for hydroxylation is 1. The molecule has 0 spiro atoms. The zero-order valence-corrected chi connectivity index (χ0v) is 10.0. The zero-order chi connectivity index (χ0) is 11.7. The Labute approximate surface area is 102 Å². The van der Waals surface area contributed by atoms with E-state index < -0.39 is 6.17 Å². The molecule has 1 aromatic heterocycles. The lowest BCUT2D eigenvalue weighted by atomic mass is 9.81. The first-order chi connectivity index (χ1) is 8.36. The summed E-state index contributed by atoms with van der Waals surface area (Å²) in [7, 11) is 0. The maximum absolute atomic E-state index is 14.6. The van der Waals surface area contributed by atoms with Gasteiger partial charge in [-0.15, -0.1) is 0 Å². The third-order valence-corrected chi connectivity index (χ3v) is 4.11. The molecule has 0 radical (unpaired) electrons. The molecule has 0 saturated carbocycles. The lowest BCUT2D eigenvalue weighted by Gasteiger charge is -2.30. The molecular weight excluding hydrogens is 215 g/mol. The molecule has 17 heavy (non-hydrogen) atoms. The number of alkyl halides is 1. The van der Waals surface area contributed by atoms with Crippen LogP contribution in [0, 0.1) is 0 Å². The van der Waals surface area contributed by atoms with E-state index in [1.54, 1.807) is 6.20 Å². The molecule has 3 rings (SSSR count). The molecule has 1 aromatic rings. The van der Waals surface area contributed by atoms with Crippen molar-refractivity contribution in [3.8, 4) is 0 Å². The fraction of sp³-hybridized carbons (Fsp3) is 0.643. The quantitative estimate of drug-likeness (QED) is 0.850. The average molecular weight is 234 g/mol. The van der Waals surface area contributed by atoms with Crippen LogP contribution in [-0.4, -0.2) is 23.7 Å². The maximum Gasteiger partial charge on any atom is 0.124 e. The van der Waals surface area contributed by atoms with Crippen LogP contribution in [0.4, 0.5) is 4.39 Å². The molecule has 0 bridgehead atoms. The highest BCUT2D eigenvalue weighted by molar-refractivity contribution is 5.27. The molecule has 2 aliphatic rings. The maximum atomic E-state index is 14.6. The van der Waals surface area contributed by atoms with Gasteiger partial charge < -0.3 is 5.32 Å². The van der Waals surface area contributed by atoms with Crippen LogP contribution < -0.4 is 5.32 Å². The van der Waals surface area contributed by atoms with Crippen LogP contribution in [0.2, 0.25) is 0 Å². The number of nitrogens with one attached hydrogen (secondary N) is 1. The first kappa shape index (κ1) is 11.1. The Balaban J connectivity index is 1.84. The van der Waals surface area contributed by atoms with E-state index in [1.807, 2.05) is 6.07 Å². The van der Waals surface area contributed by atoms with Gasteiger partial charge in [0.15, 0.2) is 0 Å². The number of aromatic nitrogens is 1. The number of hydrogen-bond donors (Lipinski definition) is 1. The van der Waals surface area contributed by atoms with Crippen LogP contribution in [0.3, 0.4) is 0 Å². The van der Waals surface area contributed by atoms with Crippen molar-refractivity contribution in [3.05, 3.63) is 29.6 Å². The van der Waals surface area contributed by atoms with Gasteiger partial charge in [-0.05, 0) is 50.3 Å². The van der Waals surface area contributed by atoms with Crippen LogP contribution in [-0.2, 0) is 6.42 Å². The molecule has 3 heteroatoms. The van der Waals surface area contributed by atoms with Crippen LogP contribution in [0.15, 0.2) is 18.3 Å². The van der Waals surface area contributed by atoms with E-state index in [0.717, 1.165) is 44.3 Å². The monoisotopic (exact) mass is 234 g/mol. The summed E-state index contributed by atoms with van der Waals surface area (Å²) in [5, 5.41) is 3.28. The zero-order valence-electron chi connectivity index (χ0n) is 10.0. The highest BCUT2D eigenvalue weighted by Gasteiger charge is 2.35. The molecule has 0 amide bonds. The number of fused-ring (bicyclic) bond motifs is 1. The van der Waals surface area contributed by atoms with E-state index in [9.17, 15) is 4.39 Å². The third kappa shape index (κ3) is 2.08. The largest absolute Gasteiger partial charge is 0.311 e. The normalized spacial score (nSPS) is 29.9. The Morgan fingerprint density at radius 2 is 2.29 bits per heavy atom. The minimum absolute atomic E-state index is 0.00977. The SMILES string of the molecule is FC(C1CCCN1)C1CCCc2cccnc21. The van der Waals surface area contributed by atoms with Crippen LogP contribution in [0.5, 0.6) is 0 Å². The molecule has 1 saturated heterocycles. The summed E-state index contributed by atoms with van der Waals surface area (Å²) in [6.45, 7) is 0.965. The van der Waals surface area contributed by atoms with Gasteiger partial charge in [-0.25, -0.2) is 4.39 Å². The molecule has 3 unspecified atom stereocenters. The van der Waals surface area contributed by atoms with Crippen molar-refractivity contribution in [3.63, 3.8) is 0 Å². The summed E-state index contributed by atoms with van der Waals surface area (Å²) >= 11 is 0. The lowest BCUT2D eigenvalue weighted by molar-refractivity contribution is 0.206. The van der Waals surface area contributed by atoms with Gasteiger partial charge in [-0.3, -0.25) is 4.98 Å². The third-order valence-electron chi connectivity index (χ3n) is 4.11. The van der Waals surface area contributed by atoms with Crippen LogP contribution in [0.25, 0.3) is 0 Å². The molecule has 3 atom stereocenters. The van der Waals surface area contributed by atoms with E-state index in [0.29, 0.717) is 0 Å². The van der Waals surface area contributed by atoms with Crippen LogP contribution >= 0.6 is 0 Å². The molecule has 92 valence electrons. The van der Waals surface area contributed by atoms with Gasteiger partial charge in [0, 0.05) is 23.9 Å². The molecule has 1 fully saturated rings. The van der Waals surface area contributed by atoms with Gasteiger partial charge in [-0.2, -0.15) is 0 Å². The van der Waals surface area contributed by atoms with Crippen molar-refractivity contribution in [1.82, 2.24) is 10.3 Å². The second-order valence-corrected chi connectivity index (χ2v) is 5.19. The predicted molar refractivity (Wildman–Crippen MR) is 65.8 cm³/mol. The number of rotatable bonds is 2. The molecule has 2 heterocycles. The van der Waals surface area contributed by atoms with Crippen molar-refractivity contribution < 1.29 is 4.39 Å². The fourth-order valence-corrected chi connectivity index (χ4v) is 3.22. The first-order valence-corrected chi connectivity index (χ1v) is 6.67. The van der Waals surface area contributed by atoms with E-state index in [2.05, 4.69) is 16.4 Å². The molecule has 2 nitrogen and oxygen atoms in total. The van der Waals surface area contributed by atoms with Gasteiger partial charge in [-0.1, -0.05) is 6.07 Å². The first-order valence-electron chi connectivity index (χ1n) is 6.67. The molecule has 1 aliphatic heterocycles. The standard InChI is InChI=1S/C14H19FN2/c15-13(12-7-3-8-16-12)11-6-1-4-10-5-2-9-17-14(10)11/h2,5,9,11-13,16H,1,3-4,6-8H2. The second-order valence-electron chi connectivity index (χ2n) is 5.19. The number of halogens is 1. The topological polar surface area (TPSA) is 24.9 Å². The predicted octanol–water partition coefficient (Wildman–Crippen LogP) is 2.59. The van der Waals surface area contributed by atoms with Crippen molar-refractivity contribution in [2.75, 3.05) is 6.54 Å². The Kier molecular flexibility index (Phi) is 3.10. The number of nitrogens with zero attached hydrogens (tertiary/aromatic N) is 1. The second kappa shape index (κ2) is 4.73. The highest BCUT2D eigenvalue weighted by Crippen LogP contribution is 2.36. The van der Waals surface area contributed by atoms with Crippen molar-refractivity contribution in [2.45, 2.75) is 50.2 Å². The summed E-state index contributed by atoms with van der Waals surface area (Å²) in [5.74, 6) is 0.00977. The van der Waals surface area contributed by atoms with E-state index >= 15 is 0 Å². The van der Waals surface area contributed by atoms with Gasteiger partial charge in [0.1, 0.15) is 6.17 Å². The summed E-state index contributed by atoms with van der Waals surface area (Å²) in [6, 6.07) is 4.11. The van der Waals surface area contributed by atoms with E-state index in [4.69, 9.17) is 0 Å². The molecule has 1 aliphatic carbocycles. The number of pyridine rings is 1. The minimum atomic E-state index is -0.772. The van der Waals surface area contributed by atoms with Crippen molar-refractivity contribution in [2.24, 2.45) is 0 Å². The Morgan fingerprint density at radius 1 is 1.35 bits per heavy atom. The fourth-order valence-electron chi connectivity index (χ4n) is 3.22. The Bertz CT molecular complexity index is 388. The lowest BCUT2D eigenvalue weighted by Crippen LogP contribution is -2.37. The van der Waals surface area contributed by atoms with Gasteiger partial charge in [0.2, 0.25) is 0 Å². The summed E-state index contributed by atoms with van der Waals surface area (Å²) in [4.78, 5) is 4.43. The van der Waals surface area contributed by atoms with Crippen molar-refractivity contribution in [1.29, 1.82) is 0 Å². The van der Waals surface area contributed by atoms with E-state index in [1.165, 1.54) is 5.56 Å². The van der Waals surface area contributed by atoms with E-state index in [-0.39, 0.29) is 12.0 Å². The summed E-state index contributed by atoms with van der Waals surface area (Å²) < 4.78 is 14.6. The molecule has 0 aromatic carbocycles. The minimum Gasteiger partial charge on any atom is -0.311 e. The highest BCUT2D eigenvalue weighted by atomic mass is 19.1. The Hall–Kier alpha value is -0.960. The van der Waals surface area contributed by atoms with Gasteiger partial charge in [0.05, 0.1) is 0 Å². The number of hydrogen-bond acceptors (Lipinski definition) is 2. The van der Waals surface area contributed by atoms with Crippen molar-refractivity contribution >= 4 is 0 Å². The summed E-state index contributed by atoms with van der Waals surface area (Å²) in [6.07, 6.45) is 6.20. The Morgan fingerprint density at radius 3 is 3.12 bits per heavy atom. The van der Waals surface area contributed by atoms with Crippen LogP contribution in [0.1, 0.15) is 42.9 Å². The average Bonchev–Trinajstić information content (AvgIpc) is 2.91. The smallest absolute Gasteiger partial charge is 0.124 e. The van der Waals surface area contributed by atoms with Gasteiger partial charge in [0.25, 0.3) is 0 Å².